The Morgan fingerprint density at radius 3 is 2.54 bits per heavy atom. The van der Waals surface area contributed by atoms with Crippen LogP contribution in [-0.2, 0) is 10.0 Å². The molecule has 2 aliphatic rings. The van der Waals surface area contributed by atoms with Crippen LogP contribution in [0.5, 0.6) is 0 Å². The summed E-state index contributed by atoms with van der Waals surface area (Å²) in [7, 11) is -3.64. The zero-order chi connectivity index (χ0) is 17.3. The number of sulfonamides is 1. The Balaban J connectivity index is 1.90. The molecule has 1 aromatic carbocycles. The SMILES string of the molecule is C[C@@H]1CCCN(C(=O)c2ccc(Cl)c(S(=O)(=O)N3CCCC3)c2)C1. The molecule has 0 aliphatic carbocycles. The predicted molar refractivity (Wildman–Crippen MR) is 93.7 cm³/mol. The van der Waals surface area contributed by atoms with Crippen molar-refractivity contribution >= 4 is 27.5 Å². The van der Waals surface area contributed by atoms with Crippen molar-refractivity contribution in [2.45, 2.75) is 37.5 Å². The summed E-state index contributed by atoms with van der Waals surface area (Å²) in [6, 6.07) is 4.58. The molecule has 0 unspecified atom stereocenters. The highest BCUT2D eigenvalue weighted by Gasteiger charge is 2.30. The fraction of sp³-hybridized carbons (Fsp3) is 0.588. The first-order valence-electron chi connectivity index (χ1n) is 8.48. The van der Waals surface area contributed by atoms with E-state index in [-0.39, 0.29) is 15.8 Å². The molecule has 0 spiro atoms. The monoisotopic (exact) mass is 370 g/mol. The average molecular weight is 371 g/mol. The van der Waals surface area contributed by atoms with E-state index in [1.807, 2.05) is 4.90 Å². The summed E-state index contributed by atoms with van der Waals surface area (Å²) < 4.78 is 27.0. The van der Waals surface area contributed by atoms with Crippen LogP contribution < -0.4 is 0 Å². The standard InChI is InChI=1S/C17H23ClN2O3S/c1-13-5-4-8-19(12-13)17(21)14-6-7-15(18)16(11-14)24(22,23)20-9-2-3-10-20/h6-7,11,13H,2-5,8-10,12H2,1H3/t13-/m1/s1. The van der Waals surface area contributed by atoms with Crippen LogP contribution in [0.25, 0.3) is 0 Å². The number of carbonyl (C=O) groups is 1. The molecule has 1 atom stereocenters. The molecule has 7 heteroatoms. The van der Waals surface area contributed by atoms with Crippen molar-refractivity contribution < 1.29 is 13.2 Å². The molecule has 0 aromatic heterocycles. The fourth-order valence-electron chi connectivity index (χ4n) is 3.46. The van der Waals surface area contributed by atoms with Gasteiger partial charge >= 0.3 is 0 Å². The van der Waals surface area contributed by atoms with Gasteiger partial charge in [0.1, 0.15) is 4.90 Å². The third-order valence-electron chi connectivity index (χ3n) is 4.81. The maximum atomic E-state index is 12.8. The van der Waals surface area contributed by atoms with Crippen LogP contribution in [0.1, 0.15) is 43.0 Å². The highest BCUT2D eigenvalue weighted by atomic mass is 35.5. The van der Waals surface area contributed by atoms with Crippen LogP contribution in [0.3, 0.4) is 0 Å². The first-order chi connectivity index (χ1) is 11.4. The van der Waals surface area contributed by atoms with Gasteiger partial charge in [-0.1, -0.05) is 18.5 Å². The minimum atomic E-state index is -3.64. The zero-order valence-electron chi connectivity index (χ0n) is 13.9. The van der Waals surface area contributed by atoms with E-state index in [4.69, 9.17) is 11.6 Å². The topological polar surface area (TPSA) is 57.7 Å². The summed E-state index contributed by atoms with van der Waals surface area (Å²) in [5.74, 6) is 0.360. The van der Waals surface area contributed by atoms with E-state index >= 15 is 0 Å². The lowest BCUT2D eigenvalue weighted by Gasteiger charge is -2.31. The first kappa shape index (κ1) is 17.7. The summed E-state index contributed by atoms with van der Waals surface area (Å²) >= 11 is 6.14. The van der Waals surface area contributed by atoms with Gasteiger partial charge < -0.3 is 4.90 Å². The van der Waals surface area contributed by atoms with Gasteiger partial charge in [-0.05, 0) is 49.8 Å². The van der Waals surface area contributed by atoms with Gasteiger partial charge in [0.25, 0.3) is 5.91 Å². The summed E-state index contributed by atoms with van der Waals surface area (Å²) in [5.41, 5.74) is 0.395. The van der Waals surface area contributed by atoms with Crippen LogP contribution in [-0.4, -0.2) is 49.7 Å². The van der Waals surface area contributed by atoms with Gasteiger partial charge in [0, 0.05) is 31.7 Å². The van der Waals surface area contributed by atoms with Gasteiger partial charge in [-0.25, -0.2) is 8.42 Å². The van der Waals surface area contributed by atoms with Gasteiger partial charge in [-0.3, -0.25) is 4.79 Å². The van der Waals surface area contributed by atoms with Crippen molar-refractivity contribution in [3.05, 3.63) is 28.8 Å². The highest BCUT2D eigenvalue weighted by Crippen LogP contribution is 2.29. The molecule has 1 aromatic rings. The van der Waals surface area contributed by atoms with Gasteiger partial charge in [-0.2, -0.15) is 4.31 Å². The Morgan fingerprint density at radius 1 is 1.17 bits per heavy atom. The fourth-order valence-corrected chi connectivity index (χ4v) is 5.48. The van der Waals surface area contributed by atoms with Crippen LogP contribution >= 0.6 is 11.6 Å². The molecule has 2 saturated heterocycles. The molecule has 3 rings (SSSR count). The predicted octanol–water partition coefficient (Wildman–Crippen LogP) is 3.00. The smallest absolute Gasteiger partial charge is 0.253 e. The number of likely N-dealkylation sites (tertiary alicyclic amines) is 1. The van der Waals surface area contributed by atoms with E-state index in [1.165, 1.54) is 16.4 Å². The number of carbonyl (C=O) groups excluding carboxylic acids is 1. The molecule has 0 saturated carbocycles. The summed E-state index contributed by atoms with van der Waals surface area (Å²) in [6.45, 7) is 4.60. The lowest BCUT2D eigenvalue weighted by atomic mass is 9.99. The third kappa shape index (κ3) is 3.46. The second-order valence-corrected chi connectivity index (χ2v) is 9.07. The molecule has 0 bridgehead atoms. The molecule has 2 aliphatic heterocycles. The quantitative estimate of drug-likeness (QED) is 0.821. The Labute approximate surface area is 148 Å². The summed E-state index contributed by atoms with van der Waals surface area (Å²) in [6.07, 6.45) is 3.83. The summed E-state index contributed by atoms with van der Waals surface area (Å²) in [4.78, 5) is 14.6. The second-order valence-electron chi connectivity index (χ2n) is 6.75. The number of benzene rings is 1. The van der Waals surface area contributed by atoms with Crippen molar-refractivity contribution in [2.24, 2.45) is 5.92 Å². The third-order valence-corrected chi connectivity index (χ3v) is 7.19. The molecule has 2 fully saturated rings. The van der Waals surface area contributed by atoms with E-state index in [0.29, 0.717) is 24.6 Å². The molecule has 1 amide bonds. The Hall–Kier alpha value is -1.11. The minimum absolute atomic E-state index is 0.0435. The number of hydrogen-bond acceptors (Lipinski definition) is 3. The van der Waals surface area contributed by atoms with Gasteiger partial charge in [0.05, 0.1) is 5.02 Å². The first-order valence-corrected chi connectivity index (χ1v) is 10.3. The number of halogens is 1. The van der Waals surface area contributed by atoms with Crippen LogP contribution in [0.2, 0.25) is 5.02 Å². The number of rotatable bonds is 3. The Bertz CT molecular complexity index is 729. The van der Waals surface area contributed by atoms with E-state index in [0.717, 1.165) is 38.8 Å². The average Bonchev–Trinajstić information content (AvgIpc) is 3.10. The van der Waals surface area contributed by atoms with Gasteiger partial charge in [0.15, 0.2) is 0 Å². The zero-order valence-corrected chi connectivity index (χ0v) is 15.4. The Kier molecular flexibility index (Phi) is 5.18. The number of piperidine rings is 1. The molecule has 0 radical (unpaired) electrons. The molecular formula is C17H23ClN2O3S. The Morgan fingerprint density at radius 2 is 1.88 bits per heavy atom. The molecule has 2 heterocycles. The number of nitrogens with zero attached hydrogens (tertiary/aromatic N) is 2. The second kappa shape index (κ2) is 7.02. The highest BCUT2D eigenvalue weighted by molar-refractivity contribution is 7.89. The van der Waals surface area contributed by atoms with Crippen LogP contribution in [0, 0.1) is 5.92 Å². The number of hydrogen-bond donors (Lipinski definition) is 0. The van der Waals surface area contributed by atoms with Crippen LogP contribution in [0.15, 0.2) is 23.1 Å². The van der Waals surface area contributed by atoms with Crippen molar-refractivity contribution in [3.63, 3.8) is 0 Å². The summed E-state index contributed by atoms with van der Waals surface area (Å²) in [5, 5.41) is 0.172. The van der Waals surface area contributed by atoms with Gasteiger partial charge in [-0.15, -0.1) is 0 Å². The maximum absolute atomic E-state index is 12.8. The molecule has 5 nitrogen and oxygen atoms in total. The largest absolute Gasteiger partial charge is 0.338 e. The molecule has 24 heavy (non-hydrogen) atoms. The minimum Gasteiger partial charge on any atom is -0.338 e. The number of amides is 1. The van der Waals surface area contributed by atoms with Crippen molar-refractivity contribution in [3.8, 4) is 0 Å². The molecular weight excluding hydrogens is 348 g/mol. The van der Waals surface area contributed by atoms with Crippen molar-refractivity contribution in [2.75, 3.05) is 26.2 Å². The molecule has 0 N–H and O–H groups in total. The van der Waals surface area contributed by atoms with E-state index in [2.05, 4.69) is 6.92 Å². The van der Waals surface area contributed by atoms with E-state index in [9.17, 15) is 13.2 Å². The lowest BCUT2D eigenvalue weighted by Crippen LogP contribution is -2.39. The van der Waals surface area contributed by atoms with E-state index in [1.54, 1.807) is 6.07 Å². The van der Waals surface area contributed by atoms with Crippen molar-refractivity contribution in [1.82, 2.24) is 9.21 Å². The van der Waals surface area contributed by atoms with E-state index < -0.39 is 10.0 Å². The van der Waals surface area contributed by atoms with Crippen molar-refractivity contribution in [1.29, 1.82) is 0 Å². The van der Waals surface area contributed by atoms with Gasteiger partial charge in [0.2, 0.25) is 10.0 Å². The van der Waals surface area contributed by atoms with Crippen LogP contribution in [0.4, 0.5) is 0 Å². The lowest BCUT2D eigenvalue weighted by molar-refractivity contribution is 0.0683. The normalized spacial score (nSPS) is 22.8. The molecule has 132 valence electrons. The maximum Gasteiger partial charge on any atom is 0.253 e.